The molecule has 1 aliphatic carbocycles. The number of nitrogens with zero attached hydrogens (tertiary/aromatic N) is 2. The predicted molar refractivity (Wildman–Crippen MR) is 130 cm³/mol. The monoisotopic (exact) mass is 504 g/mol. The molecule has 0 spiro atoms. The van der Waals surface area contributed by atoms with Gasteiger partial charge >= 0.3 is 6.18 Å². The van der Waals surface area contributed by atoms with Crippen LogP contribution in [0.3, 0.4) is 0 Å². The minimum atomic E-state index is -4.98. The Morgan fingerprint density at radius 2 is 1.72 bits per heavy atom. The zero-order valence-corrected chi connectivity index (χ0v) is 20.7. The van der Waals surface area contributed by atoms with Gasteiger partial charge in [0.1, 0.15) is 5.75 Å². The second-order valence-electron chi connectivity index (χ2n) is 10.6. The normalized spacial score (nSPS) is 17.7. The lowest BCUT2D eigenvalue weighted by atomic mass is 9.89. The molecule has 0 fully saturated rings. The van der Waals surface area contributed by atoms with Crippen molar-refractivity contribution < 1.29 is 33.2 Å². The Bertz CT molecular complexity index is 1260. The summed E-state index contributed by atoms with van der Waals surface area (Å²) in [5.74, 6) is 0.171. The molecule has 3 N–H and O–H groups in total. The Kier molecular flexibility index (Phi) is 6.47. The van der Waals surface area contributed by atoms with Crippen molar-refractivity contribution in [2.45, 2.75) is 63.5 Å². The Hall–Kier alpha value is -2.88. The second kappa shape index (κ2) is 8.90. The van der Waals surface area contributed by atoms with E-state index in [1.807, 2.05) is 0 Å². The molecule has 4 rings (SSSR count). The Labute approximate surface area is 208 Å². The van der Waals surface area contributed by atoms with Crippen LogP contribution >= 0.6 is 0 Å². The van der Waals surface area contributed by atoms with Gasteiger partial charge in [0.25, 0.3) is 0 Å². The van der Waals surface area contributed by atoms with Crippen LogP contribution < -0.4 is 4.74 Å². The average molecular weight is 505 g/mol. The minimum absolute atomic E-state index is 0.171. The Balaban J connectivity index is 1.89. The van der Waals surface area contributed by atoms with Gasteiger partial charge in [0, 0.05) is 22.9 Å². The summed E-state index contributed by atoms with van der Waals surface area (Å²) in [5, 5.41) is 35.2. The quantitative estimate of drug-likeness (QED) is 0.377. The Morgan fingerprint density at radius 3 is 2.36 bits per heavy atom. The van der Waals surface area contributed by atoms with E-state index in [2.05, 4.69) is 5.10 Å². The molecular formula is C27H31F3N2O4. The van der Waals surface area contributed by atoms with E-state index in [0.29, 0.717) is 24.0 Å². The molecule has 0 radical (unpaired) electrons. The van der Waals surface area contributed by atoms with Crippen molar-refractivity contribution in [3.8, 4) is 28.0 Å². The molecule has 9 heteroatoms. The van der Waals surface area contributed by atoms with Gasteiger partial charge in [-0.25, -0.2) is 0 Å². The molecule has 1 aromatic heterocycles. The first kappa shape index (κ1) is 26.2. The maximum absolute atomic E-state index is 14.4. The molecule has 0 amide bonds. The van der Waals surface area contributed by atoms with E-state index in [1.165, 1.54) is 24.4 Å². The molecule has 0 aliphatic heterocycles. The van der Waals surface area contributed by atoms with Crippen LogP contribution in [0.2, 0.25) is 0 Å². The molecule has 6 nitrogen and oxygen atoms in total. The third-order valence-corrected chi connectivity index (χ3v) is 6.60. The van der Waals surface area contributed by atoms with Crippen molar-refractivity contribution in [3.05, 3.63) is 59.9 Å². The molecule has 36 heavy (non-hydrogen) atoms. The SMILES string of the molecule is CC(C)(O)CCCOc1cc(-c2cnn(C(C)(C)CO)c2)c2c(c1)[C@@](O)(C(F)(F)F)c1ccccc1-2. The number of aromatic nitrogens is 2. The summed E-state index contributed by atoms with van der Waals surface area (Å²) in [6.45, 7) is 6.91. The van der Waals surface area contributed by atoms with Crippen molar-refractivity contribution >= 4 is 0 Å². The summed E-state index contributed by atoms with van der Waals surface area (Å²) < 4.78 is 50.7. The lowest BCUT2D eigenvalue weighted by molar-refractivity contribution is -0.246. The van der Waals surface area contributed by atoms with Crippen LogP contribution in [-0.4, -0.2) is 50.1 Å². The first-order valence-corrected chi connectivity index (χ1v) is 11.8. The topological polar surface area (TPSA) is 87.7 Å². The third-order valence-electron chi connectivity index (χ3n) is 6.60. The molecule has 1 aliphatic rings. The maximum atomic E-state index is 14.4. The molecule has 0 saturated heterocycles. The molecular weight excluding hydrogens is 473 g/mol. The van der Waals surface area contributed by atoms with Crippen LogP contribution in [0.25, 0.3) is 22.3 Å². The number of rotatable bonds is 8. The zero-order valence-electron chi connectivity index (χ0n) is 20.7. The Morgan fingerprint density at radius 1 is 1.03 bits per heavy atom. The number of halogens is 3. The summed E-state index contributed by atoms with van der Waals surface area (Å²) >= 11 is 0. The molecule has 1 atom stereocenters. The van der Waals surface area contributed by atoms with E-state index in [9.17, 15) is 28.5 Å². The minimum Gasteiger partial charge on any atom is -0.494 e. The van der Waals surface area contributed by atoms with Gasteiger partial charge in [-0.3, -0.25) is 4.68 Å². The van der Waals surface area contributed by atoms with Gasteiger partial charge in [-0.2, -0.15) is 18.3 Å². The lowest BCUT2D eigenvalue weighted by Crippen LogP contribution is -2.41. The highest BCUT2D eigenvalue weighted by Crippen LogP contribution is 2.58. The summed E-state index contributed by atoms with van der Waals surface area (Å²) in [4.78, 5) is 0. The van der Waals surface area contributed by atoms with E-state index >= 15 is 0 Å². The van der Waals surface area contributed by atoms with Crippen LogP contribution in [0, 0.1) is 0 Å². The zero-order chi connectivity index (χ0) is 26.5. The lowest BCUT2D eigenvalue weighted by Gasteiger charge is -2.29. The van der Waals surface area contributed by atoms with Crippen LogP contribution in [0.4, 0.5) is 13.2 Å². The summed E-state index contributed by atoms with van der Waals surface area (Å²) in [5.41, 5.74) is -3.87. The number of aliphatic hydroxyl groups is 3. The van der Waals surface area contributed by atoms with Crippen molar-refractivity contribution in [1.82, 2.24) is 9.78 Å². The first-order chi connectivity index (χ1) is 16.7. The number of ether oxygens (including phenoxy) is 1. The first-order valence-electron chi connectivity index (χ1n) is 11.8. The van der Waals surface area contributed by atoms with E-state index in [0.717, 1.165) is 0 Å². The second-order valence-corrected chi connectivity index (χ2v) is 10.6. The number of hydrogen-bond donors (Lipinski definition) is 3. The fraction of sp³-hybridized carbons (Fsp3) is 0.444. The highest BCUT2D eigenvalue weighted by molar-refractivity contribution is 5.93. The summed E-state index contributed by atoms with van der Waals surface area (Å²) in [6, 6.07) is 8.85. The van der Waals surface area contributed by atoms with Crippen LogP contribution in [-0.2, 0) is 11.1 Å². The van der Waals surface area contributed by atoms with Crippen molar-refractivity contribution in [2.75, 3.05) is 13.2 Å². The van der Waals surface area contributed by atoms with Crippen LogP contribution in [0.1, 0.15) is 51.7 Å². The van der Waals surface area contributed by atoms with Crippen LogP contribution in [0.15, 0.2) is 48.8 Å². The molecule has 0 saturated carbocycles. The number of hydrogen-bond acceptors (Lipinski definition) is 5. The van der Waals surface area contributed by atoms with Crippen LogP contribution in [0.5, 0.6) is 5.75 Å². The summed E-state index contributed by atoms with van der Waals surface area (Å²) in [7, 11) is 0. The van der Waals surface area contributed by atoms with E-state index < -0.39 is 22.9 Å². The van der Waals surface area contributed by atoms with Crippen molar-refractivity contribution in [2.24, 2.45) is 0 Å². The van der Waals surface area contributed by atoms with Gasteiger partial charge in [0.05, 0.1) is 30.6 Å². The van der Waals surface area contributed by atoms with E-state index in [4.69, 9.17) is 4.74 Å². The number of aliphatic hydroxyl groups excluding tert-OH is 1. The van der Waals surface area contributed by atoms with Gasteiger partial charge in [-0.05, 0) is 69.4 Å². The standard InChI is InChI=1S/C27H31F3N2O4/c1-24(2,16-33)32-15-17(14-31-32)20-12-18(36-11-7-10-25(3,4)34)13-22-23(20)19-8-5-6-9-21(19)26(22,35)27(28,29)30/h5-6,8-9,12-15,33-35H,7,10-11,16H2,1-4H3/t26-/m1/s1. The molecule has 194 valence electrons. The third kappa shape index (κ3) is 4.51. The highest BCUT2D eigenvalue weighted by atomic mass is 19.4. The number of fused-ring (bicyclic) bond motifs is 3. The van der Waals surface area contributed by atoms with Gasteiger partial charge in [0.15, 0.2) is 0 Å². The summed E-state index contributed by atoms with van der Waals surface area (Å²) in [6.07, 6.45) is -0.849. The number of alkyl halides is 3. The maximum Gasteiger partial charge on any atom is 0.425 e. The van der Waals surface area contributed by atoms with Gasteiger partial charge < -0.3 is 20.1 Å². The van der Waals surface area contributed by atoms with E-state index in [-0.39, 0.29) is 41.2 Å². The van der Waals surface area contributed by atoms with E-state index in [1.54, 1.807) is 56.8 Å². The smallest absolute Gasteiger partial charge is 0.425 e. The van der Waals surface area contributed by atoms with Gasteiger partial charge in [-0.1, -0.05) is 24.3 Å². The van der Waals surface area contributed by atoms with Crippen molar-refractivity contribution in [1.29, 1.82) is 0 Å². The fourth-order valence-electron chi connectivity index (χ4n) is 4.53. The molecule has 3 aromatic rings. The largest absolute Gasteiger partial charge is 0.494 e. The molecule has 0 bridgehead atoms. The predicted octanol–water partition coefficient (Wildman–Crippen LogP) is 4.99. The molecule has 1 heterocycles. The fourth-order valence-corrected chi connectivity index (χ4v) is 4.53. The molecule has 2 aromatic carbocycles. The average Bonchev–Trinajstić information content (AvgIpc) is 3.39. The van der Waals surface area contributed by atoms with Gasteiger partial charge in [-0.15, -0.1) is 0 Å². The van der Waals surface area contributed by atoms with Crippen molar-refractivity contribution in [3.63, 3.8) is 0 Å². The highest BCUT2D eigenvalue weighted by Gasteiger charge is 2.61. The van der Waals surface area contributed by atoms with Gasteiger partial charge in [0.2, 0.25) is 5.60 Å². The number of benzene rings is 2. The molecule has 0 unspecified atom stereocenters.